The predicted octanol–water partition coefficient (Wildman–Crippen LogP) is 2.13. The molecular formula is C11H19N3. The van der Waals surface area contributed by atoms with Gasteiger partial charge in [0.1, 0.15) is 0 Å². The molecule has 1 unspecified atom stereocenters. The van der Waals surface area contributed by atoms with E-state index in [1.165, 1.54) is 5.56 Å². The van der Waals surface area contributed by atoms with Gasteiger partial charge in [0.25, 0.3) is 0 Å². The van der Waals surface area contributed by atoms with E-state index in [4.69, 9.17) is 0 Å². The zero-order valence-corrected chi connectivity index (χ0v) is 9.25. The average molecular weight is 193 g/mol. The van der Waals surface area contributed by atoms with Crippen LogP contribution in [0.25, 0.3) is 0 Å². The zero-order valence-electron chi connectivity index (χ0n) is 9.25. The van der Waals surface area contributed by atoms with Crippen LogP contribution in [0.1, 0.15) is 32.4 Å². The van der Waals surface area contributed by atoms with Crippen LogP contribution in [0.5, 0.6) is 0 Å². The summed E-state index contributed by atoms with van der Waals surface area (Å²) in [6, 6.07) is 0.340. The molecule has 0 spiro atoms. The van der Waals surface area contributed by atoms with E-state index in [2.05, 4.69) is 37.0 Å². The van der Waals surface area contributed by atoms with E-state index in [0.717, 1.165) is 18.7 Å². The third kappa shape index (κ3) is 3.00. The highest BCUT2D eigenvalue weighted by atomic mass is 15.3. The van der Waals surface area contributed by atoms with Crippen molar-refractivity contribution in [3.8, 4) is 0 Å². The minimum Gasteiger partial charge on any atom is -0.306 e. The van der Waals surface area contributed by atoms with Crippen molar-refractivity contribution in [3.63, 3.8) is 0 Å². The molecule has 0 bridgehead atoms. The lowest BCUT2D eigenvalue weighted by molar-refractivity contribution is 0.604. The Labute approximate surface area is 85.8 Å². The number of hydrogen-bond acceptors (Lipinski definition) is 2. The molecule has 14 heavy (non-hydrogen) atoms. The summed E-state index contributed by atoms with van der Waals surface area (Å²) in [6.45, 7) is 11.9. The van der Waals surface area contributed by atoms with Gasteiger partial charge in [-0.05, 0) is 20.8 Å². The first-order valence-corrected chi connectivity index (χ1v) is 5.03. The maximum absolute atomic E-state index is 4.24. The molecule has 1 aromatic heterocycles. The molecule has 3 heteroatoms. The fraction of sp³-hybridized carbons (Fsp3) is 0.545. The van der Waals surface area contributed by atoms with E-state index in [9.17, 15) is 0 Å². The summed E-state index contributed by atoms with van der Waals surface area (Å²) in [6.07, 6.45) is 4.00. The molecule has 0 amide bonds. The van der Waals surface area contributed by atoms with E-state index < -0.39 is 0 Å². The second kappa shape index (κ2) is 4.96. The van der Waals surface area contributed by atoms with Crippen LogP contribution in [0.15, 0.2) is 24.5 Å². The fourth-order valence-electron chi connectivity index (χ4n) is 1.22. The number of nitrogens with one attached hydrogen (secondary N) is 1. The SMILES string of the molecule is C=C(C)CNC(C)c1cnn(CC)c1. The van der Waals surface area contributed by atoms with Crippen LogP contribution >= 0.6 is 0 Å². The van der Waals surface area contributed by atoms with Crippen LogP contribution in [-0.4, -0.2) is 16.3 Å². The summed E-state index contributed by atoms with van der Waals surface area (Å²) in [5.41, 5.74) is 2.38. The third-order valence-electron chi connectivity index (χ3n) is 2.19. The van der Waals surface area contributed by atoms with E-state index in [1.807, 2.05) is 17.8 Å². The van der Waals surface area contributed by atoms with Gasteiger partial charge >= 0.3 is 0 Å². The first kappa shape index (κ1) is 11.0. The van der Waals surface area contributed by atoms with Crippen molar-refractivity contribution in [2.24, 2.45) is 0 Å². The Morgan fingerprint density at radius 1 is 1.71 bits per heavy atom. The van der Waals surface area contributed by atoms with Gasteiger partial charge < -0.3 is 5.32 Å². The first-order chi connectivity index (χ1) is 6.63. The third-order valence-corrected chi connectivity index (χ3v) is 2.19. The number of rotatable bonds is 5. The monoisotopic (exact) mass is 193 g/mol. The van der Waals surface area contributed by atoms with Crippen molar-refractivity contribution in [2.45, 2.75) is 33.4 Å². The van der Waals surface area contributed by atoms with Crippen molar-refractivity contribution in [1.29, 1.82) is 0 Å². The highest BCUT2D eigenvalue weighted by molar-refractivity contribution is 5.10. The van der Waals surface area contributed by atoms with Crippen LogP contribution in [0, 0.1) is 0 Å². The van der Waals surface area contributed by atoms with Gasteiger partial charge in [0, 0.05) is 30.9 Å². The molecule has 78 valence electrons. The number of aryl methyl sites for hydroxylation is 1. The van der Waals surface area contributed by atoms with Gasteiger partial charge in [-0.2, -0.15) is 5.10 Å². The molecule has 0 fully saturated rings. The van der Waals surface area contributed by atoms with E-state index in [0.29, 0.717) is 6.04 Å². The molecule has 1 aromatic rings. The quantitative estimate of drug-likeness (QED) is 0.726. The smallest absolute Gasteiger partial charge is 0.0537 e. The Balaban J connectivity index is 2.51. The van der Waals surface area contributed by atoms with Gasteiger partial charge in [-0.1, -0.05) is 12.2 Å². The molecule has 0 saturated carbocycles. The second-order valence-corrected chi connectivity index (χ2v) is 3.69. The maximum Gasteiger partial charge on any atom is 0.0537 e. The predicted molar refractivity (Wildman–Crippen MR) is 59.1 cm³/mol. The maximum atomic E-state index is 4.24. The lowest BCUT2D eigenvalue weighted by Crippen LogP contribution is -2.19. The minimum absolute atomic E-state index is 0.340. The molecule has 0 aromatic carbocycles. The molecular weight excluding hydrogens is 174 g/mol. The Hall–Kier alpha value is -1.09. The molecule has 0 radical (unpaired) electrons. The summed E-state index contributed by atoms with van der Waals surface area (Å²) in [7, 11) is 0. The van der Waals surface area contributed by atoms with Gasteiger partial charge in [-0.15, -0.1) is 0 Å². The summed E-state index contributed by atoms with van der Waals surface area (Å²) in [5, 5.41) is 7.62. The van der Waals surface area contributed by atoms with Crippen LogP contribution in [-0.2, 0) is 6.54 Å². The number of hydrogen-bond donors (Lipinski definition) is 1. The molecule has 0 aliphatic rings. The van der Waals surface area contributed by atoms with Crippen LogP contribution in [0.4, 0.5) is 0 Å². The second-order valence-electron chi connectivity index (χ2n) is 3.69. The largest absolute Gasteiger partial charge is 0.306 e. The molecule has 1 rings (SSSR count). The molecule has 3 nitrogen and oxygen atoms in total. The van der Waals surface area contributed by atoms with Gasteiger partial charge in [-0.25, -0.2) is 0 Å². The highest BCUT2D eigenvalue weighted by Crippen LogP contribution is 2.10. The lowest BCUT2D eigenvalue weighted by atomic mass is 10.2. The topological polar surface area (TPSA) is 29.9 Å². The molecule has 1 heterocycles. The van der Waals surface area contributed by atoms with E-state index in [1.54, 1.807) is 0 Å². The van der Waals surface area contributed by atoms with Crippen LogP contribution < -0.4 is 5.32 Å². The van der Waals surface area contributed by atoms with Crippen molar-refractivity contribution in [1.82, 2.24) is 15.1 Å². The first-order valence-electron chi connectivity index (χ1n) is 5.03. The number of aromatic nitrogens is 2. The van der Waals surface area contributed by atoms with Gasteiger partial charge in [0.05, 0.1) is 6.20 Å². The summed E-state index contributed by atoms with van der Waals surface area (Å²) < 4.78 is 1.94. The highest BCUT2D eigenvalue weighted by Gasteiger charge is 2.06. The van der Waals surface area contributed by atoms with Gasteiger partial charge in [0.15, 0.2) is 0 Å². The van der Waals surface area contributed by atoms with Crippen molar-refractivity contribution >= 4 is 0 Å². The summed E-state index contributed by atoms with van der Waals surface area (Å²) in [5.74, 6) is 0. The normalized spacial score (nSPS) is 12.8. The van der Waals surface area contributed by atoms with Gasteiger partial charge in [0.2, 0.25) is 0 Å². The zero-order chi connectivity index (χ0) is 10.6. The minimum atomic E-state index is 0.340. The Bertz CT molecular complexity index is 301. The molecule has 0 aliphatic heterocycles. The Morgan fingerprint density at radius 2 is 2.43 bits per heavy atom. The van der Waals surface area contributed by atoms with Crippen LogP contribution in [0.3, 0.4) is 0 Å². The Morgan fingerprint density at radius 3 is 2.93 bits per heavy atom. The summed E-state index contributed by atoms with van der Waals surface area (Å²) in [4.78, 5) is 0. The van der Waals surface area contributed by atoms with Crippen molar-refractivity contribution in [3.05, 3.63) is 30.1 Å². The molecule has 1 atom stereocenters. The van der Waals surface area contributed by atoms with Crippen LogP contribution in [0.2, 0.25) is 0 Å². The Kier molecular flexibility index (Phi) is 3.89. The summed E-state index contributed by atoms with van der Waals surface area (Å²) >= 11 is 0. The van der Waals surface area contributed by atoms with E-state index >= 15 is 0 Å². The number of nitrogens with zero attached hydrogens (tertiary/aromatic N) is 2. The standard InChI is InChI=1S/C11H19N3/c1-5-14-8-11(7-13-14)10(4)12-6-9(2)3/h7-8,10,12H,2,5-6H2,1,3-4H3. The lowest BCUT2D eigenvalue weighted by Gasteiger charge is -2.11. The molecule has 0 aliphatic carbocycles. The van der Waals surface area contributed by atoms with Gasteiger partial charge in [-0.3, -0.25) is 4.68 Å². The average Bonchev–Trinajstić information content (AvgIpc) is 2.62. The van der Waals surface area contributed by atoms with E-state index in [-0.39, 0.29) is 0 Å². The molecule has 0 saturated heterocycles. The fourth-order valence-corrected chi connectivity index (χ4v) is 1.22. The van der Waals surface area contributed by atoms with Crippen molar-refractivity contribution in [2.75, 3.05) is 6.54 Å². The van der Waals surface area contributed by atoms with Crippen molar-refractivity contribution < 1.29 is 0 Å². The molecule has 1 N–H and O–H groups in total.